The van der Waals surface area contributed by atoms with E-state index in [1.54, 1.807) is 6.07 Å². The maximum absolute atomic E-state index is 12.3. The fraction of sp³-hybridized carbons (Fsp3) is 0.375. The van der Waals surface area contributed by atoms with Crippen LogP contribution in [0.15, 0.2) is 36.4 Å². The second kappa shape index (κ2) is 5.59. The van der Waals surface area contributed by atoms with Crippen molar-refractivity contribution >= 4 is 32.2 Å². The number of nitrogens with two attached hydrogens (primary N) is 1. The maximum atomic E-state index is 12.3. The number of rotatable bonds is 2. The highest BCUT2D eigenvalue weighted by atomic mass is 35.5. The van der Waals surface area contributed by atoms with Crippen molar-refractivity contribution in [3.8, 4) is 0 Å². The minimum Gasteiger partial charge on any atom is -0.323 e. The number of benzene rings is 2. The van der Waals surface area contributed by atoms with E-state index in [-0.39, 0.29) is 5.75 Å². The molecule has 0 aromatic heterocycles. The summed E-state index contributed by atoms with van der Waals surface area (Å²) in [5, 5.41) is 2.03. The second-order valence-electron chi connectivity index (χ2n) is 5.61. The fourth-order valence-corrected chi connectivity index (χ4v) is 5.42. The third-order valence-corrected chi connectivity index (χ3v) is 6.93. The van der Waals surface area contributed by atoms with Crippen molar-refractivity contribution in [3.05, 3.63) is 47.0 Å². The molecule has 1 heterocycles. The van der Waals surface area contributed by atoms with Crippen LogP contribution >= 0.6 is 11.6 Å². The number of halogens is 1. The molecule has 112 valence electrons. The van der Waals surface area contributed by atoms with Crippen molar-refractivity contribution in [1.29, 1.82) is 0 Å². The summed E-state index contributed by atoms with van der Waals surface area (Å²) in [5.74, 6) is 0.247. The second-order valence-corrected chi connectivity index (χ2v) is 8.36. The van der Waals surface area contributed by atoms with Gasteiger partial charge in [0.05, 0.1) is 11.0 Å². The Hall–Kier alpha value is -1.10. The Morgan fingerprint density at radius 2 is 1.81 bits per heavy atom. The molecule has 2 N–H and O–H groups in total. The van der Waals surface area contributed by atoms with E-state index >= 15 is 0 Å². The van der Waals surface area contributed by atoms with Gasteiger partial charge in [0.1, 0.15) is 0 Å². The van der Waals surface area contributed by atoms with Crippen LogP contribution in [0.3, 0.4) is 0 Å². The van der Waals surface area contributed by atoms with Crippen molar-refractivity contribution in [1.82, 2.24) is 0 Å². The first kappa shape index (κ1) is 14.8. The molecule has 1 aliphatic rings. The summed E-state index contributed by atoms with van der Waals surface area (Å²) in [6.45, 7) is 0. The summed E-state index contributed by atoms with van der Waals surface area (Å²) < 4.78 is 24.6. The van der Waals surface area contributed by atoms with Gasteiger partial charge in [0.2, 0.25) is 0 Å². The third kappa shape index (κ3) is 2.68. The van der Waals surface area contributed by atoms with Crippen LogP contribution in [-0.4, -0.2) is 19.4 Å². The van der Waals surface area contributed by atoms with Gasteiger partial charge < -0.3 is 5.73 Å². The quantitative estimate of drug-likeness (QED) is 0.920. The number of hydrogen-bond acceptors (Lipinski definition) is 3. The molecule has 2 aromatic carbocycles. The monoisotopic (exact) mass is 323 g/mol. The van der Waals surface area contributed by atoms with Gasteiger partial charge in [-0.3, -0.25) is 0 Å². The molecule has 0 aliphatic carbocycles. The molecule has 1 fully saturated rings. The zero-order valence-electron chi connectivity index (χ0n) is 11.6. The highest BCUT2D eigenvalue weighted by molar-refractivity contribution is 7.92. The minimum absolute atomic E-state index is 0.247. The van der Waals surface area contributed by atoms with E-state index < -0.39 is 21.1 Å². The Balaban J connectivity index is 2.10. The van der Waals surface area contributed by atoms with Crippen LogP contribution in [0.5, 0.6) is 0 Å². The molecule has 2 atom stereocenters. The van der Waals surface area contributed by atoms with E-state index in [9.17, 15) is 8.42 Å². The Labute approximate surface area is 130 Å². The Bertz CT molecular complexity index is 773. The molecule has 21 heavy (non-hydrogen) atoms. The molecule has 3 nitrogen and oxygen atoms in total. The maximum Gasteiger partial charge on any atom is 0.155 e. The molecule has 2 unspecified atom stereocenters. The zero-order chi connectivity index (χ0) is 15.0. The van der Waals surface area contributed by atoms with Crippen LogP contribution in [0.1, 0.15) is 30.9 Å². The predicted octanol–water partition coefficient (Wildman–Crippen LogP) is 3.46. The van der Waals surface area contributed by atoms with Crippen LogP contribution in [0.2, 0.25) is 5.02 Å². The first-order valence-corrected chi connectivity index (χ1v) is 9.24. The lowest BCUT2D eigenvalue weighted by atomic mass is 9.95. The lowest BCUT2D eigenvalue weighted by Gasteiger charge is -2.28. The van der Waals surface area contributed by atoms with E-state index in [1.807, 2.05) is 30.3 Å². The molecule has 0 radical (unpaired) electrons. The van der Waals surface area contributed by atoms with Crippen molar-refractivity contribution in [3.63, 3.8) is 0 Å². The van der Waals surface area contributed by atoms with Gasteiger partial charge in [-0.2, -0.15) is 0 Å². The lowest BCUT2D eigenvalue weighted by molar-refractivity contribution is 0.506. The molecule has 0 amide bonds. The van der Waals surface area contributed by atoms with Crippen LogP contribution in [0.25, 0.3) is 10.8 Å². The first-order chi connectivity index (χ1) is 10.0. The van der Waals surface area contributed by atoms with Crippen LogP contribution < -0.4 is 5.73 Å². The minimum atomic E-state index is -3.11. The molecule has 0 spiro atoms. The zero-order valence-corrected chi connectivity index (χ0v) is 13.2. The van der Waals surface area contributed by atoms with Gasteiger partial charge in [-0.15, -0.1) is 0 Å². The summed E-state index contributed by atoms with van der Waals surface area (Å²) in [4.78, 5) is 0. The van der Waals surface area contributed by atoms with Crippen LogP contribution in [0, 0.1) is 0 Å². The van der Waals surface area contributed by atoms with E-state index in [0.717, 1.165) is 29.2 Å². The smallest absolute Gasteiger partial charge is 0.155 e. The Morgan fingerprint density at radius 3 is 2.52 bits per heavy atom. The van der Waals surface area contributed by atoms with Crippen molar-refractivity contribution in [2.24, 2.45) is 5.73 Å². The summed E-state index contributed by atoms with van der Waals surface area (Å²) >= 11 is 6.22. The van der Waals surface area contributed by atoms with Gasteiger partial charge in [0, 0.05) is 16.5 Å². The molecular formula is C16H18ClNO2S. The molecule has 1 aliphatic heterocycles. The number of hydrogen-bond donors (Lipinski definition) is 1. The van der Waals surface area contributed by atoms with Crippen LogP contribution in [-0.2, 0) is 9.84 Å². The summed E-state index contributed by atoms with van der Waals surface area (Å²) in [7, 11) is -3.11. The van der Waals surface area contributed by atoms with Gasteiger partial charge in [0.25, 0.3) is 0 Å². The van der Waals surface area contributed by atoms with E-state index in [0.29, 0.717) is 11.4 Å². The molecule has 3 rings (SSSR count). The summed E-state index contributed by atoms with van der Waals surface area (Å²) in [6.07, 6.45) is 2.30. The molecule has 1 saturated heterocycles. The number of fused-ring (bicyclic) bond motifs is 1. The van der Waals surface area contributed by atoms with Gasteiger partial charge >= 0.3 is 0 Å². The molecule has 5 heteroatoms. The van der Waals surface area contributed by atoms with E-state index in [4.69, 9.17) is 17.3 Å². The number of sulfone groups is 1. The van der Waals surface area contributed by atoms with E-state index in [1.165, 1.54) is 0 Å². The lowest BCUT2D eigenvalue weighted by Crippen LogP contribution is -2.37. The SMILES string of the molecule is NC(c1ccc(Cl)c2ccccc12)C1CCCCS1(=O)=O. The average Bonchev–Trinajstić information content (AvgIpc) is 2.47. The normalized spacial score (nSPS) is 23.0. The molecule has 0 bridgehead atoms. The van der Waals surface area contributed by atoms with Gasteiger partial charge in [-0.25, -0.2) is 8.42 Å². The van der Waals surface area contributed by atoms with Crippen molar-refractivity contribution < 1.29 is 8.42 Å². The molecule has 2 aromatic rings. The van der Waals surface area contributed by atoms with Crippen molar-refractivity contribution in [2.45, 2.75) is 30.6 Å². The van der Waals surface area contributed by atoms with Crippen molar-refractivity contribution in [2.75, 3.05) is 5.75 Å². The highest BCUT2D eigenvalue weighted by Gasteiger charge is 2.35. The van der Waals surface area contributed by atoms with Gasteiger partial charge in [-0.05, 0) is 29.9 Å². The van der Waals surface area contributed by atoms with E-state index in [2.05, 4.69) is 0 Å². The van der Waals surface area contributed by atoms with Gasteiger partial charge in [-0.1, -0.05) is 48.4 Å². The predicted molar refractivity (Wildman–Crippen MR) is 87.3 cm³/mol. The topological polar surface area (TPSA) is 60.2 Å². The fourth-order valence-electron chi connectivity index (χ4n) is 3.16. The van der Waals surface area contributed by atoms with Crippen LogP contribution in [0.4, 0.5) is 0 Å². The largest absolute Gasteiger partial charge is 0.323 e. The molecular weight excluding hydrogens is 306 g/mol. The average molecular weight is 324 g/mol. The third-order valence-electron chi connectivity index (χ3n) is 4.29. The summed E-state index contributed by atoms with van der Waals surface area (Å²) in [5.41, 5.74) is 7.21. The first-order valence-electron chi connectivity index (χ1n) is 7.15. The Morgan fingerprint density at radius 1 is 1.10 bits per heavy atom. The molecule has 0 saturated carbocycles. The van der Waals surface area contributed by atoms with Gasteiger partial charge in [0.15, 0.2) is 9.84 Å². The summed E-state index contributed by atoms with van der Waals surface area (Å²) in [6, 6.07) is 10.9. The standard InChI is InChI=1S/C16H18ClNO2S/c17-14-9-8-13(11-5-1-2-6-12(11)14)16(18)15-7-3-4-10-21(15,19)20/h1-2,5-6,8-9,15-16H,3-4,7,10,18H2. The Kier molecular flexibility index (Phi) is 3.95. The highest BCUT2D eigenvalue weighted by Crippen LogP contribution is 2.34.